The maximum atomic E-state index is 6.03. The van der Waals surface area contributed by atoms with Gasteiger partial charge in [0.05, 0.1) is 6.54 Å². The van der Waals surface area contributed by atoms with E-state index in [4.69, 9.17) is 5.73 Å². The van der Waals surface area contributed by atoms with E-state index in [0.29, 0.717) is 12.5 Å². The molecule has 2 aromatic carbocycles. The van der Waals surface area contributed by atoms with Crippen LogP contribution in [0.3, 0.4) is 0 Å². The minimum atomic E-state index is 0.457. The van der Waals surface area contributed by atoms with E-state index in [9.17, 15) is 0 Å². The number of benzene rings is 2. The van der Waals surface area contributed by atoms with Gasteiger partial charge in [0.15, 0.2) is 5.96 Å². The van der Waals surface area contributed by atoms with E-state index in [-0.39, 0.29) is 0 Å². The minimum absolute atomic E-state index is 0.457. The zero-order valence-corrected chi connectivity index (χ0v) is 13.8. The first-order valence-corrected chi connectivity index (χ1v) is 8.07. The highest BCUT2D eigenvalue weighted by Crippen LogP contribution is 2.24. The average Bonchev–Trinajstić information content (AvgIpc) is 3.01. The minimum Gasteiger partial charge on any atom is -0.378 e. The molecule has 120 valence electrons. The molecular weight excluding hydrogens is 284 g/mol. The summed E-state index contributed by atoms with van der Waals surface area (Å²) in [5.74, 6) is 0.457. The van der Waals surface area contributed by atoms with Gasteiger partial charge in [-0.3, -0.25) is 0 Å². The third kappa shape index (κ3) is 3.83. The zero-order valence-electron chi connectivity index (χ0n) is 13.8. The van der Waals surface area contributed by atoms with Crippen LogP contribution in [0.25, 0.3) is 0 Å². The second-order valence-corrected chi connectivity index (χ2v) is 6.23. The van der Waals surface area contributed by atoms with Gasteiger partial charge in [0.2, 0.25) is 0 Å². The molecule has 0 saturated heterocycles. The summed E-state index contributed by atoms with van der Waals surface area (Å²) < 4.78 is 0. The standard InChI is InChI=1S/C19H24N4/c1-23(2)18-8-3-5-14(11-18)13-21-19(20)22-17-10-9-15-6-4-7-16(15)12-17/h3,5,8-12H,4,6-7,13H2,1-2H3,(H3,20,21,22). The Kier molecular flexibility index (Phi) is 4.51. The van der Waals surface area contributed by atoms with Crippen LogP contribution in [0.5, 0.6) is 0 Å². The van der Waals surface area contributed by atoms with E-state index in [1.807, 2.05) is 20.2 Å². The van der Waals surface area contributed by atoms with Gasteiger partial charge >= 0.3 is 0 Å². The number of anilines is 2. The molecule has 0 radical (unpaired) electrons. The summed E-state index contributed by atoms with van der Waals surface area (Å²) >= 11 is 0. The van der Waals surface area contributed by atoms with Crippen molar-refractivity contribution in [1.82, 2.24) is 0 Å². The molecular formula is C19H24N4. The molecule has 0 saturated carbocycles. The summed E-state index contributed by atoms with van der Waals surface area (Å²) in [6, 6.07) is 14.8. The lowest BCUT2D eigenvalue weighted by Gasteiger charge is -2.13. The van der Waals surface area contributed by atoms with Gasteiger partial charge in [0, 0.05) is 25.5 Å². The van der Waals surface area contributed by atoms with E-state index < -0.39 is 0 Å². The third-order valence-electron chi connectivity index (χ3n) is 4.23. The summed E-state index contributed by atoms with van der Waals surface area (Å²) in [6.07, 6.45) is 3.62. The molecule has 3 rings (SSSR count). The first-order chi connectivity index (χ1) is 11.1. The number of hydrogen-bond donors (Lipinski definition) is 2. The lowest BCUT2D eigenvalue weighted by molar-refractivity contribution is 0.912. The molecule has 3 N–H and O–H groups in total. The first kappa shape index (κ1) is 15.4. The van der Waals surface area contributed by atoms with Crippen LogP contribution < -0.4 is 16.0 Å². The van der Waals surface area contributed by atoms with Crippen molar-refractivity contribution < 1.29 is 0 Å². The average molecular weight is 308 g/mol. The summed E-state index contributed by atoms with van der Waals surface area (Å²) in [6.45, 7) is 0.575. The highest BCUT2D eigenvalue weighted by molar-refractivity contribution is 5.92. The number of nitrogens with two attached hydrogens (primary N) is 1. The van der Waals surface area contributed by atoms with E-state index in [1.165, 1.54) is 36.1 Å². The van der Waals surface area contributed by atoms with Crippen LogP contribution in [-0.4, -0.2) is 20.1 Å². The molecule has 0 amide bonds. The molecule has 0 heterocycles. The fraction of sp³-hybridized carbons (Fsp3) is 0.316. The van der Waals surface area contributed by atoms with Gasteiger partial charge in [0.25, 0.3) is 0 Å². The normalized spacial score (nSPS) is 13.7. The number of nitrogens with one attached hydrogen (secondary N) is 1. The molecule has 1 aliphatic carbocycles. The van der Waals surface area contributed by atoms with Gasteiger partial charge in [-0.2, -0.15) is 0 Å². The molecule has 4 nitrogen and oxygen atoms in total. The molecule has 0 bridgehead atoms. The number of guanidine groups is 1. The van der Waals surface area contributed by atoms with Gasteiger partial charge in [-0.1, -0.05) is 18.2 Å². The summed E-state index contributed by atoms with van der Waals surface area (Å²) in [5.41, 5.74) is 12.3. The van der Waals surface area contributed by atoms with Gasteiger partial charge < -0.3 is 16.0 Å². The molecule has 0 atom stereocenters. The molecule has 0 aliphatic heterocycles. The first-order valence-electron chi connectivity index (χ1n) is 8.07. The quantitative estimate of drug-likeness (QED) is 0.674. The molecule has 4 heteroatoms. The van der Waals surface area contributed by atoms with Crippen molar-refractivity contribution in [3.8, 4) is 0 Å². The van der Waals surface area contributed by atoms with Crippen molar-refractivity contribution in [2.45, 2.75) is 25.8 Å². The van der Waals surface area contributed by atoms with Crippen LogP contribution in [0.4, 0.5) is 11.4 Å². The van der Waals surface area contributed by atoms with Crippen LogP contribution in [0.1, 0.15) is 23.1 Å². The van der Waals surface area contributed by atoms with Crippen molar-refractivity contribution in [1.29, 1.82) is 0 Å². The van der Waals surface area contributed by atoms with Crippen molar-refractivity contribution in [2.75, 3.05) is 24.3 Å². The molecule has 2 aromatic rings. The number of fused-ring (bicyclic) bond motifs is 1. The lowest BCUT2D eigenvalue weighted by atomic mass is 10.1. The molecule has 0 unspecified atom stereocenters. The summed E-state index contributed by atoms with van der Waals surface area (Å²) in [7, 11) is 4.07. The van der Waals surface area contributed by atoms with Crippen LogP contribution >= 0.6 is 0 Å². The Morgan fingerprint density at radius 1 is 1.13 bits per heavy atom. The van der Waals surface area contributed by atoms with Crippen molar-refractivity contribution in [3.63, 3.8) is 0 Å². The Morgan fingerprint density at radius 3 is 2.78 bits per heavy atom. The third-order valence-corrected chi connectivity index (χ3v) is 4.23. The van der Waals surface area contributed by atoms with Crippen molar-refractivity contribution in [3.05, 3.63) is 59.2 Å². The maximum absolute atomic E-state index is 6.03. The Morgan fingerprint density at radius 2 is 1.96 bits per heavy atom. The van der Waals surface area contributed by atoms with Crippen LogP contribution in [-0.2, 0) is 19.4 Å². The number of hydrogen-bond acceptors (Lipinski definition) is 2. The van der Waals surface area contributed by atoms with E-state index in [1.54, 1.807) is 0 Å². The number of nitrogens with zero attached hydrogens (tertiary/aromatic N) is 2. The Labute approximate surface area is 138 Å². The summed E-state index contributed by atoms with van der Waals surface area (Å²) in [5, 5.41) is 3.20. The number of aliphatic imine (C=N–C) groups is 1. The maximum Gasteiger partial charge on any atom is 0.193 e. The Bertz CT molecular complexity index is 719. The fourth-order valence-corrected chi connectivity index (χ4v) is 2.95. The van der Waals surface area contributed by atoms with Crippen molar-refractivity contribution >= 4 is 17.3 Å². The molecule has 0 fully saturated rings. The Hall–Kier alpha value is -2.49. The lowest BCUT2D eigenvalue weighted by Crippen LogP contribution is -2.22. The van der Waals surface area contributed by atoms with Crippen LogP contribution in [0, 0.1) is 0 Å². The largest absolute Gasteiger partial charge is 0.378 e. The predicted octanol–water partition coefficient (Wildman–Crippen LogP) is 3.17. The molecule has 0 aromatic heterocycles. The highest BCUT2D eigenvalue weighted by atomic mass is 15.1. The van der Waals surface area contributed by atoms with Gasteiger partial charge in [-0.15, -0.1) is 0 Å². The SMILES string of the molecule is CN(C)c1cccc(CN=C(N)Nc2ccc3c(c2)CCC3)c1. The molecule has 23 heavy (non-hydrogen) atoms. The smallest absolute Gasteiger partial charge is 0.193 e. The Balaban J connectivity index is 1.65. The second kappa shape index (κ2) is 6.73. The number of rotatable bonds is 4. The number of aryl methyl sites for hydroxylation is 2. The summed E-state index contributed by atoms with van der Waals surface area (Å²) in [4.78, 5) is 6.53. The molecule has 0 spiro atoms. The topological polar surface area (TPSA) is 53.6 Å². The van der Waals surface area contributed by atoms with E-state index >= 15 is 0 Å². The van der Waals surface area contributed by atoms with Crippen molar-refractivity contribution in [2.24, 2.45) is 10.7 Å². The van der Waals surface area contributed by atoms with Gasteiger partial charge in [0.1, 0.15) is 0 Å². The van der Waals surface area contributed by atoms with Crippen LogP contribution in [0.15, 0.2) is 47.5 Å². The van der Waals surface area contributed by atoms with E-state index in [0.717, 1.165) is 11.3 Å². The van der Waals surface area contributed by atoms with Gasteiger partial charge in [-0.25, -0.2) is 4.99 Å². The van der Waals surface area contributed by atoms with Crippen LogP contribution in [0.2, 0.25) is 0 Å². The highest BCUT2D eigenvalue weighted by Gasteiger charge is 2.10. The fourth-order valence-electron chi connectivity index (χ4n) is 2.95. The zero-order chi connectivity index (χ0) is 16.2. The second-order valence-electron chi connectivity index (χ2n) is 6.23. The molecule has 1 aliphatic rings. The monoisotopic (exact) mass is 308 g/mol. The van der Waals surface area contributed by atoms with Gasteiger partial charge in [-0.05, 0) is 60.2 Å². The van der Waals surface area contributed by atoms with E-state index in [2.05, 4.69) is 51.6 Å². The predicted molar refractivity (Wildman–Crippen MR) is 98.2 cm³/mol.